The Balaban J connectivity index is 1.27. The van der Waals surface area contributed by atoms with Gasteiger partial charge in [0.15, 0.2) is 17.5 Å². The van der Waals surface area contributed by atoms with E-state index in [2.05, 4.69) is 146 Å². The quantitative estimate of drug-likeness (QED) is 0.195. The first kappa shape index (κ1) is 27.5. The van der Waals surface area contributed by atoms with Crippen LogP contribution < -0.4 is 0 Å². The molecule has 0 saturated carbocycles. The Morgan fingerprint density at radius 2 is 0.776 bits per heavy atom. The standard InChI is InChI=1S/C45H27N3O/c1-4-12-31-23-34(20-17-28(31)9-1)38-27-42-39(37-15-7-8-16-41(37)49-42)26-40(38)45-47-43(35-21-18-29-10-2-5-13-32(29)24-35)46-44(48-45)36-22-19-30-11-3-6-14-33(30)25-36/h1-27H. The first-order chi connectivity index (χ1) is 24.2. The Labute approximate surface area is 282 Å². The minimum absolute atomic E-state index is 0.608. The first-order valence-electron chi connectivity index (χ1n) is 16.4. The fourth-order valence-electron chi connectivity index (χ4n) is 6.96. The van der Waals surface area contributed by atoms with Crippen molar-refractivity contribution >= 4 is 54.3 Å². The SMILES string of the molecule is c1ccc2cc(-c3nc(-c4ccc5ccccc5c4)nc(-c4cc5c(cc4-c4ccc6ccccc6c4)oc4ccccc45)n3)ccc2c1. The summed E-state index contributed by atoms with van der Waals surface area (Å²) in [5, 5.41) is 9.06. The van der Waals surface area contributed by atoms with Crippen molar-refractivity contribution in [3.8, 4) is 45.3 Å². The van der Waals surface area contributed by atoms with Crippen molar-refractivity contribution in [2.24, 2.45) is 0 Å². The van der Waals surface area contributed by atoms with Crippen molar-refractivity contribution < 1.29 is 4.42 Å². The Kier molecular flexibility index (Phi) is 6.15. The van der Waals surface area contributed by atoms with Crippen LogP contribution >= 0.6 is 0 Å². The average Bonchev–Trinajstić information content (AvgIpc) is 3.54. The molecule has 0 bridgehead atoms. The topological polar surface area (TPSA) is 51.8 Å². The van der Waals surface area contributed by atoms with Gasteiger partial charge in [-0.3, -0.25) is 0 Å². The highest BCUT2D eigenvalue weighted by Crippen LogP contribution is 2.40. The van der Waals surface area contributed by atoms with Crippen LogP contribution in [0.25, 0.3) is 99.5 Å². The van der Waals surface area contributed by atoms with E-state index < -0.39 is 0 Å². The molecular formula is C45H27N3O. The highest BCUT2D eigenvalue weighted by atomic mass is 16.3. The number of furan rings is 1. The summed E-state index contributed by atoms with van der Waals surface area (Å²) < 4.78 is 6.41. The van der Waals surface area contributed by atoms with Gasteiger partial charge in [0.1, 0.15) is 11.2 Å². The number of nitrogens with zero attached hydrogens (tertiary/aromatic N) is 3. The number of aromatic nitrogens is 3. The van der Waals surface area contributed by atoms with Gasteiger partial charge in [-0.25, -0.2) is 15.0 Å². The molecule has 0 amide bonds. The van der Waals surface area contributed by atoms with Crippen molar-refractivity contribution in [3.05, 3.63) is 164 Å². The van der Waals surface area contributed by atoms with Gasteiger partial charge in [-0.1, -0.05) is 127 Å². The predicted molar refractivity (Wildman–Crippen MR) is 201 cm³/mol. The van der Waals surface area contributed by atoms with Gasteiger partial charge in [0.25, 0.3) is 0 Å². The molecule has 0 aliphatic heterocycles. The summed E-state index contributed by atoms with van der Waals surface area (Å²) in [5.41, 5.74) is 6.53. The van der Waals surface area contributed by atoms with Crippen LogP contribution in [-0.2, 0) is 0 Å². The fourth-order valence-corrected chi connectivity index (χ4v) is 6.96. The van der Waals surface area contributed by atoms with E-state index >= 15 is 0 Å². The lowest BCUT2D eigenvalue weighted by molar-refractivity contribution is 0.669. The largest absolute Gasteiger partial charge is 0.456 e. The number of fused-ring (bicyclic) bond motifs is 6. The predicted octanol–water partition coefficient (Wildman–Crippen LogP) is 11.9. The van der Waals surface area contributed by atoms with Crippen LogP contribution in [0.5, 0.6) is 0 Å². The molecule has 0 spiro atoms. The summed E-state index contributed by atoms with van der Waals surface area (Å²) in [7, 11) is 0. The first-order valence-corrected chi connectivity index (χ1v) is 16.4. The second-order valence-corrected chi connectivity index (χ2v) is 12.5. The highest BCUT2D eigenvalue weighted by molar-refractivity contribution is 6.09. The van der Waals surface area contributed by atoms with Crippen molar-refractivity contribution in [2.75, 3.05) is 0 Å². The smallest absolute Gasteiger partial charge is 0.164 e. The second kappa shape index (κ2) is 11.0. The van der Waals surface area contributed by atoms with Crippen molar-refractivity contribution in [3.63, 3.8) is 0 Å². The summed E-state index contributed by atoms with van der Waals surface area (Å²) in [6, 6.07) is 57.1. The van der Waals surface area contributed by atoms with E-state index in [1.165, 1.54) is 21.5 Å². The molecule has 2 aromatic heterocycles. The van der Waals surface area contributed by atoms with E-state index in [4.69, 9.17) is 19.4 Å². The molecule has 0 unspecified atom stereocenters. The summed E-state index contributed by atoms with van der Waals surface area (Å²) in [6.45, 7) is 0. The van der Waals surface area contributed by atoms with Crippen LogP contribution in [0.4, 0.5) is 0 Å². The third-order valence-electron chi connectivity index (χ3n) is 9.47. The summed E-state index contributed by atoms with van der Waals surface area (Å²) in [5.74, 6) is 1.86. The van der Waals surface area contributed by atoms with Crippen molar-refractivity contribution in [2.45, 2.75) is 0 Å². The van der Waals surface area contributed by atoms with E-state index in [9.17, 15) is 0 Å². The van der Waals surface area contributed by atoms with Gasteiger partial charge in [0.05, 0.1) is 0 Å². The van der Waals surface area contributed by atoms with Gasteiger partial charge >= 0.3 is 0 Å². The maximum Gasteiger partial charge on any atom is 0.164 e. The van der Waals surface area contributed by atoms with E-state index in [1.54, 1.807) is 0 Å². The Morgan fingerprint density at radius 1 is 0.306 bits per heavy atom. The van der Waals surface area contributed by atoms with Crippen molar-refractivity contribution in [1.29, 1.82) is 0 Å². The van der Waals surface area contributed by atoms with Crippen LogP contribution in [0.1, 0.15) is 0 Å². The zero-order valence-electron chi connectivity index (χ0n) is 26.3. The Hall–Kier alpha value is -6.65. The van der Waals surface area contributed by atoms with Crippen LogP contribution in [0.2, 0.25) is 0 Å². The second-order valence-electron chi connectivity index (χ2n) is 12.5. The van der Waals surface area contributed by atoms with E-state index in [-0.39, 0.29) is 0 Å². The lowest BCUT2D eigenvalue weighted by Gasteiger charge is -2.13. The molecule has 10 rings (SSSR count). The molecule has 8 aromatic carbocycles. The lowest BCUT2D eigenvalue weighted by Crippen LogP contribution is -2.01. The van der Waals surface area contributed by atoms with Gasteiger partial charge in [0, 0.05) is 27.5 Å². The van der Waals surface area contributed by atoms with Gasteiger partial charge in [-0.2, -0.15) is 0 Å². The maximum atomic E-state index is 6.41. The molecule has 0 saturated heterocycles. The fraction of sp³-hybridized carbons (Fsp3) is 0. The van der Waals surface area contributed by atoms with Gasteiger partial charge < -0.3 is 4.42 Å². The van der Waals surface area contributed by atoms with Gasteiger partial charge in [-0.05, 0) is 79.8 Å². The minimum Gasteiger partial charge on any atom is -0.456 e. The zero-order valence-corrected chi connectivity index (χ0v) is 26.3. The molecule has 4 heteroatoms. The third kappa shape index (κ3) is 4.73. The van der Waals surface area contributed by atoms with E-state index in [0.717, 1.165) is 60.5 Å². The van der Waals surface area contributed by atoms with Crippen LogP contribution in [0, 0.1) is 0 Å². The highest BCUT2D eigenvalue weighted by Gasteiger charge is 2.20. The molecule has 0 fully saturated rings. The van der Waals surface area contributed by atoms with E-state index in [1.807, 2.05) is 18.2 Å². The number of hydrogen-bond acceptors (Lipinski definition) is 4. The van der Waals surface area contributed by atoms with Crippen LogP contribution in [-0.4, -0.2) is 15.0 Å². The molecule has 49 heavy (non-hydrogen) atoms. The monoisotopic (exact) mass is 625 g/mol. The van der Waals surface area contributed by atoms with Gasteiger partial charge in [-0.15, -0.1) is 0 Å². The average molecular weight is 626 g/mol. The molecular weight excluding hydrogens is 599 g/mol. The number of benzene rings is 8. The molecule has 0 aliphatic rings. The minimum atomic E-state index is 0.608. The van der Waals surface area contributed by atoms with E-state index in [0.29, 0.717) is 17.5 Å². The maximum absolute atomic E-state index is 6.41. The molecule has 4 nitrogen and oxygen atoms in total. The molecule has 0 radical (unpaired) electrons. The van der Waals surface area contributed by atoms with Crippen LogP contribution in [0.15, 0.2) is 168 Å². The molecule has 10 aromatic rings. The number of para-hydroxylation sites is 1. The summed E-state index contributed by atoms with van der Waals surface area (Å²) >= 11 is 0. The van der Waals surface area contributed by atoms with Gasteiger partial charge in [0.2, 0.25) is 0 Å². The normalized spacial score (nSPS) is 11.7. The number of hydrogen-bond donors (Lipinski definition) is 0. The molecule has 2 heterocycles. The van der Waals surface area contributed by atoms with Crippen LogP contribution in [0.3, 0.4) is 0 Å². The van der Waals surface area contributed by atoms with Crippen molar-refractivity contribution in [1.82, 2.24) is 15.0 Å². The lowest BCUT2D eigenvalue weighted by atomic mass is 9.94. The molecule has 0 atom stereocenters. The summed E-state index contributed by atoms with van der Waals surface area (Å²) in [6.07, 6.45) is 0. The molecule has 0 N–H and O–H groups in total. The number of rotatable bonds is 4. The Bertz CT molecular complexity index is 2810. The summed E-state index contributed by atoms with van der Waals surface area (Å²) in [4.78, 5) is 15.6. The Morgan fingerprint density at radius 3 is 1.37 bits per heavy atom. The zero-order chi connectivity index (χ0) is 32.3. The third-order valence-corrected chi connectivity index (χ3v) is 9.47. The molecule has 0 aliphatic carbocycles. The molecule has 228 valence electrons.